The number of hydrogen-bond donors (Lipinski definition) is 2. The molecule has 1 saturated heterocycles. The summed E-state index contributed by atoms with van der Waals surface area (Å²) < 4.78 is 4.05. The van der Waals surface area contributed by atoms with Gasteiger partial charge in [-0.3, -0.25) is 23.5 Å². The number of para-hydroxylation sites is 1. The van der Waals surface area contributed by atoms with E-state index in [2.05, 4.69) is 10.2 Å². The molecule has 1 atom stereocenters. The zero-order valence-electron chi connectivity index (χ0n) is 21.7. The normalized spacial score (nSPS) is 17.9. The van der Waals surface area contributed by atoms with Gasteiger partial charge >= 0.3 is 5.69 Å². The number of allylic oxidation sites excluding steroid dienone is 2. The van der Waals surface area contributed by atoms with Crippen molar-refractivity contribution in [3.05, 3.63) is 62.8 Å². The quantitative estimate of drug-likeness (QED) is 0.341. The molecule has 0 radical (unpaired) electrons. The molecule has 5 rings (SSSR count). The van der Waals surface area contributed by atoms with Crippen LogP contribution in [0.1, 0.15) is 43.0 Å². The number of ketones is 1. The SMILES string of the molecule is C/C=C/Cn1c(N2CCCC(N)C2)nc2c1c(=O)n(CC(=O)c1ccccc1NC(=O)C1CC1)c(=O)n2C. The third-order valence-electron chi connectivity index (χ3n) is 7.21. The molecule has 1 saturated carbocycles. The lowest BCUT2D eigenvalue weighted by atomic mass is 10.1. The topological polar surface area (TPSA) is 137 Å². The van der Waals surface area contributed by atoms with Crippen LogP contribution in [0, 0.1) is 5.92 Å². The summed E-state index contributed by atoms with van der Waals surface area (Å²) in [6.45, 7) is 3.16. The molecular formula is C27H33N7O4. The molecule has 2 aromatic heterocycles. The van der Waals surface area contributed by atoms with Crippen LogP contribution in [-0.2, 0) is 24.9 Å². The van der Waals surface area contributed by atoms with Gasteiger partial charge in [-0.25, -0.2) is 4.79 Å². The molecular weight excluding hydrogens is 486 g/mol. The molecule has 1 amide bonds. The summed E-state index contributed by atoms with van der Waals surface area (Å²) in [5.74, 6) is -0.0243. The number of carbonyl (C=O) groups is 2. The van der Waals surface area contributed by atoms with Crippen molar-refractivity contribution in [2.24, 2.45) is 18.7 Å². The van der Waals surface area contributed by atoms with Crippen LogP contribution in [0.4, 0.5) is 11.6 Å². The van der Waals surface area contributed by atoms with Crippen LogP contribution in [-0.4, -0.2) is 49.5 Å². The Bertz CT molecular complexity index is 1540. The number of fused-ring (bicyclic) bond motifs is 1. The van der Waals surface area contributed by atoms with Crippen LogP contribution in [0.25, 0.3) is 11.2 Å². The van der Waals surface area contributed by atoms with Gasteiger partial charge in [0, 0.05) is 44.2 Å². The zero-order chi connectivity index (χ0) is 27.0. The van der Waals surface area contributed by atoms with Crippen molar-refractivity contribution in [2.45, 2.75) is 51.7 Å². The highest BCUT2D eigenvalue weighted by atomic mass is 16.2. The van der Waals surface area contributed by atoms with E-state index in [0.29, 0.717) is 24.7 Å². The average Bonchev–Trinajstić information content (AvgIpc) is 3.69. The molecule has 1 aliphatic heterocycles. The smallest absolute Gasteiger partial charge is 0.332 e. The van der Waals surface area contributed by atoms with Crippen LogP contribution in [0.5, 0.6) is 0 Å². The monoisotopic (exact) mass is 519 g/mol. The maximum atomic E-state index is 13.8. The average molecular weight is 520 g/mol. The van der Waals surface area contributed by atoms with E-state index in [0.717, 1.165) is 36.8 Å². The fourth-order valence-corrected chi connectivity index (χ4v) is 4.96. The van der Waals surface area contributed by atoms with Crippen molar-refractivity contribution >= 4 is 34.5 Å². The number of Topliss-reactive ketones (excluding diaryl/α,β-unsaturated/α-hetero) is 1. The first-order chi connectivity index (χ1) is 18.3. The molecule has 1 unspecified atom stereocenters. The van der Waals surface area contributed by atoms with Gasteiger partial charge in [0.2, 0.25) is 11.9 Å². The number of rotatable bonds is 8. The molecule has 0 bridgehead atoms. The second-order valence-electron chi connectivity index (χ2n) is 10.1. The molecule has 200 valence electrons. The Morgan fingerprint density at radius 3 is 2.63 bits per heavy atom. The summed E-state index contributed by atoms with van der Waals surface area (Å²) in [5.41, 5.74) is 6.14. The number of hydrogen-bond acceptors (Lipinski definition) is 7. The third kappa shape index (κ3) is 4.81. The van der Waals surface area contributed by atoms with E-state index in [-0.39, 0.29) is 34.6 Å². The van der Waals surface area contributed by atoms with E-state index in [1.54, 1.807) is 35.9 Å². The minimum Gasteiger partial charge on any atom is -0.341 e. The first-order valence-corrected chi connectivity index (χ1v) is 13.0. The number of nitrogens with two attached hydrogens (primary N) is 1. The molecule has 2 aliphatic rings. The second-order valence-corrected chi connectivity index (χ2v) is 10.1. The van der Waals surface area contributed by atoms with Gasteiger partial charge in [-0.2, -0.15) is 4.98 Å². The number of amides is 1. The Labute approximate surface area is 219 Å². The zero-order valence-corrected chi connectivity index (χ0v) is 21.7. The molecule has 3 aromatic rings. The number of nitrogens with zero attached hydrogens (tertiary/aromatic N) is 5. The molecule has 1 aliphatic carbocycles. The maximum Gasteiger partial charge on any atom is 0.332 e. The Morgan fingerprint density at radius 1 is 1.16 bits per heavy atom. The Hall–Kier alpha value is -3.99. The first kappa shape index (κ1) is 25.7. The summed E-state index contributed by atoms with van der Waals surface area (Å²) in [6, 6.07) is 6.65. The lowest BCUT2D eigenvalue weighted by Gasteiger charge is -2.31. The molecule has 11 heteroatoms. The van der Waals surface area contributed by atoms with Crippen molar-refractivity contribution in [3.8, 4) is 0 Å². The number of nitrogens with one attached hydrogen (secondary N) is 1. The minimum absolute atomic E-state index is 0.00250. The number of aromatic nitrogens is 4. The highest BCUT2D eigenvalue weighted by molar-refractivity contribution is 6.05. The maximum absolute atomic E-state index is 13.8. The minimum atomic E-state index is -0.632. The van der Waals surface area contributed by atoms with E-state index < -0.39 is 23.6 Å². The van der Waals surface area contributed by atoms with Crippen LogP contribution in [0.2, 0.25) is 0 Å². The number of aryl methyl sites for hydroxylation is 1. The summed E-state index contributed by atoms with van der Waals surface area (Å²) >= 11 is 0. The van der Waals surface area contributed by atoms with Crippen molar-refractivity contribution in [1.29, 1.82) is 0 Å². The van der Waals surface area contributed by atoms with Gasteiger partial charge in [-0.05, 0) is 44.7 Å². The number of anilines is 2. The van der Waals surface area contributed by atoms with E-state index in [1.807, 2.05) is 19.1 Å². The number of piperidine rings is 1. The highest BCUT2D eigenvalue weighted by Crippen LogP contribution is 2.31. The Morgan fingerprint density at radius 2 is 1.92 bits per heavy atom. The first-order valence-electron chi connectivity index (χ1n) is 13.0. The van der Waals surface area contributed by atoms with Crippen LogP contribution in [0.3, 0.4) is 0 Å². The van der Waals surface area contributed by atoms with Crippen molar-refractivity contribution in [3.63, 3.8) is 0 Å². The van der Waals surface area contributed by atoms with Crippen LogP contribution < -0.4 is 27.2 Å². The summed E-state index contributed by atoms with van der Waals surface area (Å²) in [4.78, 5) is 59.5. The largest absolute Gasteiger partial charge is 0.341 e. The molecule has 3 N–H and O–H groups in total. The Balaban J connectivity index is 1.57. The lowest BCUT2D eigenvalue weighted by molar-refractivity contribution is -0.117. The van der Waals surface area contributed by atoms with Crippen LogP contribution in [0.15, 0.2) is 46.0 Å². The van der Waals surface area contributed by atoms with Gasteiger partial charge < -0.3 is 20.5 Å². The number of imidazole rings is 1. The predicted molar refractivity (Wildman–Crippen MR) is 146 cm³/mol. The van der Waals surface area contributed by atoms with Gasteiger partial charge in [-0.1, -0.05) is 24.3 Å². The fourth-order valence-electron chi connectivity index (χ4n) is 4.96. The molecule has 3 heterocycles. The van der Waals surface area contributed by atoms with Gasteiger partial charge in [0.1, 0.15) is 0 Å². The molecule has 1 aromatic carbocycles. The number of carbonyl (C=O) groups excluding carboxylic acids is 2. The molecule has 0 spiro atoms. The van der Waals surface area contributed by atoms with Crippen LogP contribution >= 0.6 is 0 Å². The van der Waals surface area contributed by atoms with Gasteiger partial charge in [-0.15, -0.1) is 0 Å². The summed E-state index contributed by atoms with van der Waals surface area (Å²) in [6.07, 6.45) is 7.28. The molecule has 11 nitrogen and oxygen atoms in total. The van der Waals surface area contributed by atoms with Gasteiger partial charge in [0.25, 0.3) is 5.56 Å². The van der Waals surface area contributed by atoms with Crippen molar-refractivity contribution in [2.75, 3.05) is 23.3 Å². The second kappa shape index (κ2) is 10.4. The molecule has 38 heavy (non-hydrogen) atoms. The standard InChI is InChI=1S/C27H33N7O4/c1-3-4-14-33-22-23(30-26(33)32-13-7-8-18(28)15-32)31(2)27(38)34(25(22)37)16-21(35)19-9-5-6-10-20(19)29-24(36)17-11-12-17/h3-6,9-10,17-18H,7-8,11-16,28H2,1-2H3,(H,29,36)/b4-3+. The van der Waals surface area contributed by atoms with E-state index in [4.69, 9.17) is 10.7 Å². The van der Waals surface area contributed by atoms with Gasteiger partial charge in [0.05, 0.1) is 12.2 Å². The van der Waals surface area contributed by atoms with E-state index >= 15 is 0 Å². The van der Waals surface area contributed by atoms with E-state index in [1.165, 1.54) is 4.57 Å². The summed E-state index contributed by atoms with van der Waals surface area (Å²) in [5, 5.41) is 2.82. The fraction of sp³-hybridized carbons (Fsp3) is 0.444. The highest BCUT2D eigenvalue weighted by Gasteiger charge is 2.31. The Kier molecular flexibility index (Phi) is 7.02. The number of benzene rings is 1. The summed E-state index contributed by atoms with van der Waals surface area (Å²) in [7, 11) is 1.55. The third-order valence-corrected chi connectivity index (χ3v) is 7.21. The predicted octanol–water partition coefficient (Wildman–Crippen LogP) is 1.63. The van der Waals surface area contributed by atoms with Crippen molar-refractivity contribution < 1.29 is 9.59 Å². The van der Waals surface area contributed by atoms with Crippen molar-refractivity contribution in [1.82, 2.24) is 18.7 Å². The lowest BCUT2D eigenvalue weighted by Crippen LogP contribution is -2.44. The van der Waals surface area contributed by atoms with E-state index in [9.17, 15) is 19.2 Å². The van der Waals surface area contributed by atoms with Gasteiger partial charge in [0.15, 0.2) is 16.9 Å². The molecule has 2 fully saturated rings.